The second kappa shape index (κ2) is 9.06. The van der Waals surface area contributed by atoms with E-state index >= 15 is 0 Å². The summed E-state index contributed by atoms with van der Waals surface area (Å²) in [5.74, 6) is -1.21. The normalized spacial score (nSPS) is 17.4. The molecule has 1 aliphatic heterocycles. The Morgan fingerprint density at radius 3 is 2.26 bits per heavy atom. The number of aromatic hydroxyl groups is 1. The van der Waals surface area contributed by atoms with Gasteiger partial charge in [-0.15, -0.1) is 0 Å². The summed E-state index contributed by atoms with van der Waals surface area (Å²) in [6.07, 6.45) is 0. The Morgan fingerprint density at radius 2 is 1.65 bits per heavy atom. The monoisotopic (exact) mass is 457 g/mol. The standard InChI is InChI=1S/C28H27NO5/c1-16(2)19-15-20(17(3)14-23(19)34-4)26(31)24-25(18-10-6-5-7-11-18)29(28(33)27(24)32)21-12-8-9-13-22(21)30/h5-16,25,30-31H,1-4H3/b26-24+. The lowest BCUT2D eigenvalue weighted by Crippen LogP contribution is -2.29. The van der Waals surface area contributed by atoms with Crippen LogP contribution >= 0.6 is 0 Å². The zero-order valence-electron chi connectivity index (χ0n) is 19.6. The van der Waals surface area contributed by atoms with E-state index in [0.29, 0.717) is 22.4 Å². The van der Waals surface area contributed by atoms with Crippen molar-refractivity contribution in [1.82, 2.24) is 0 Å². The van der Waals surface area contributed by atoms with E-state index in [1.54, 1.807) is 49.6 Å². The Hall–Kier alpha value is -4.06. The van der Waals surface area contributed by atoms with Gasteiger partial charge in [-0.1, -0.05) is 56.3 Å². The molecule has 0 saturated carbocycles. The zero-order chi connectivity index (χ0) is 24.6. The Balaban J connectivity index is 1.99. The lowest BCUT2D eigenvalue weighted by atomic mass is 9.91. The summed E-state index contributed by atoms with van der Waals surface area (Å²) in [5.41, 5.74) is 2.86. The van der Waals surface area contributed by atoms with Gasteiger partial charge in [0.2, 0.25) is 0 Å². The second-order valence-electron chi connectivity index (χ2n) is 8.63. The molecule has 1 saturated heterocycles. The van der Waals surface area contributed by atoms with Crippen LogP contribution in [-0.4, -0.2) is 29.0 Å². The van der Waals surface area contributed by atoms with Crippen LogP contribution in [-0.2, 0) is 9.59 Å². The van der Waals surface area contributed by atoms with Gasteiger partial charge in [-0.05, 0) is 53.8 Å². The largest absolute Gasteiger partial charge is 0.507 e. The van der Waals surface area contributed by atoms with Crippen molar-refractivity contribution >= 4 is 23.1 Å². The Bertz CT molecular complexity index is 1290. The van der Waals surface area contributed by atoms with Crippen LogP contribution in [0.4, 0.5) is 5.69 Å². The number of aryl methyl sites for hydroxylation is 1. The minimum Gasteiger partial charge on any atom is -0.507 e. The number of aliphatic hydroxyl groups is 1. The van der Waals surface area contributed by atoms with Crippen molar-refractivity contribution in [3.8, 4) is 11.5 Å². The number of phenols is 1. The van der Waals surface area contributed by atoms with Gasteiger partial charge in [0.1, 0.15) is 17.3 Å². The van der Waals surface area contributed by atoms with Crippen molar-refractivity contribution in [3.63, 3.8) is 0 Å². The van der Waals surface area contributed by atoms with Crippen LogP contribution < -0.4 is 9.64 Å². The first kappa shape index (κ1) is 23.1. The van der Waals surface area contributed by atoms with Gasteiger partial charge in [0, 0.05) is 5.56 Å². The smallest absolute Gasteiger partial charge is 0.300 e. The number of para-hydroxylation sites is 2. The summed E-state index contributed by atoms with van der Waals surface area (Å²) in [4.78, 5) is 27.8. The highest BCUT2D eigenvalue weighted by Crippen LogP contribution is 2.45. The van der Waals surface area contributed by atoms with E-state index in [0.717, 1.165) is 5.56 Å². The molecular weight excluding hydrogens is 430 g/mol. The van der Waals surface area contributed by atoms with Gasteiger partial charge < -0.3 is 14.9 Å². The predicted molar refractivity (Wildman–Crippen MR) is 131 cm³/mol. The number of carbonyl (C=O) groups excluding carboxylic acids is 2. The molecule has 3 aromatic carbocycles. The molecule has 1 unspecified atom stereocenters. The first-order chi connectivity index (χ1) is 16.3. The highest BCUT2D eigenvalue weighted by Gasteiger charge is 2.47. The number of benzene rings is 3. The van der Waals surface area contributed by atoms with Crippen molar-refractivity contribution in [2.45, 2.75) is 32.7 Å². The van der Waals surface area contributed by atoms with Gasteiger partial charge in [-0.3, -0.25) is 14.5 Å². The SMILES string of the molecule is COc1cc(C)c(/C(O)=C2\C(=O)C(=O)N(c3ccccc3O)C2c2ccccc2)cc1C(C)C. The number of aliphatic hydroxyl groups excluding tert-OH is 1. The van der Waals surface area contributed by atoms with Crippen molar-refractivity contribution in [3.05, 3.63) is 94.6 Å². The van der Waals surface area contributed by atoms with Gasteiger partial charge in [0.05, 0.1) is 24.4 Å². The molecule has 174 valence electrons. The first-order valence-corrected chi connectivity index (χ1v) is 11.1. The van der Waals surface area contributed by atoms with E-state index in [4.69, 9.17) is 4.74 Å². The lowest BCUT2D eigenvalue weighted by molar-refractivity contribution is -0.132. The van der Waals surface area contributed by atoms with Crippen LogP contribution in [0.2, 0.25) is 0 Å². The van der Waals surface area contributed by atoms with E-state index in [9.17, 15) is 19.8 Å². The second-order valence-corrected chi connectivity index (χ2v) is 8.63. The molecule has 34 heavy (non-hydrogen) atoms. The van der Waals surface area contributed by atoms with Crippen molar-refractivity contribution < 1.29 is 24.5 Å². The number of anilines is 1. The molecule has 2 N–H and O–H groups in total. The molecular formula is C28H27NO5. The zero-order valence-corrected chi connectivity index (χ0v) is 19.6. The molecule has 6 nitrogen and oxygen atoms in total. The third-order valence-corrected chi connectivity index (χ3v) is 6.15. The van der Waals surface area contributed by atoms with Gasteiger partial charge >= 0.3 is 0 Å². The van der Waals surface area contributed by atoms with Crippen molar-refractivity contribution in [1.29, 1.82) is 0 Å². The quantitative estimate of drug-likeness (QED) is 0.302. The third-order valence-electron chi connectivity index (χ3n) is 6.15. The molecule has 0 bridgehead atoms. The maximum absolute atomic E-state index is 13.3. The average molecular weight is 458 g/mol. The number of ether oxygens (including phenoxy) is 1. The molecule has 1 fully saturated rings. The molecule has 0 aliphatic carbocycles. The summed E-state index contributed by atoms with van der Waals surface area (Å²) in [6.45, 7) is 5.84. The fraction of sp³-hybridized carbons (Fsp3) is 0.214. The van der Waals surface area contributed by atoms with Crippen LogP contribution in [0.5, 0.6) is 11.5 Å². The van der Waals surface area contributed by atoms with Crippen LogP contribution in [0.3, 0.4) is 0 Å². The average Bonchev–Trinajstić information content (AvgIpc) is 3.09. The molecule has 0 spiro atoms. The number of rotatable bonds is 5. The van der Waals surface area contributed by atoms with E-state index in [1.165, 1.54) is 11.0 Å². The maximum atomic E-state index is 13.3. The third kappa shape index (κ3) is 3.81. The highest BCUT2D eigenvalue weighted by atomic mass is 16.5. The molecule has 3 aromatic rings. The number of nitrogens with zero attached hydrogens (tertiary/aromatic N) is 1. The Morgan fingerprint density at radius 1 is 1.00 bits per heavy atom. The van der Waals surface area contributed by atoms with Gasteiger partial charge in [0.25, 0.3) is 11.7 Å². The summed E-state index contributed by atoms with van der Waals surface area (Å²) in [6, 6.07) is 18.1. The molecule has 6 heteroatoms. The molecule has 0 aromatic heterocycles. The summed E-state index contributed by atoms with van der Waals surface area (Å²) in [7, 11) is 1.59. The number of hydrogen-bond donors (Lipinski definition) is 2. The Labute approximate surface area is 198 Å². The van der Waals surface area contributed by atoms with Crippen LogP contribution in [0.25, 0.3) is 5.76 Å². The topological polar surface area (TPSA) is 87.1 Å². The van der Waals surface area contributed by atoms with E-state index in [1.807, 2.05) is 39.0 Å². The number of hydrogen-bond acceptors (Lipinski definition) is 5. The molecule has 0 radical (unpaired) electrons. The minimum absolute atomic E-state index is 0.0255. The Kier molecular flexibility index (Phi) is 6.16. The number of carbonyl (C=O) groups is 2. The number of methoxy groups -OCH3 is 1. The van der Waals surface area contributed by atoms with Crippen molar-refractivity contribution in [2.24, 2.45) is 0 Å². The van der Waals surface area contributed by atoms with Crippen LogP contribution in [0, 0.1) is 6.92 Å². The van der Waals surface area contributed by atoms with Crippen LogP contribution in [0.15, 0.2) is 72.3 Å². The summed E-state index contributed by atoms with van der Waals surface area (Å²) in [5, 5.41) is 22.0. The van der Waals surface area contributed by atoms with E-state index in [2.05, 4.69) is 0 Å². The molecule has 1 heterocycles. The molecule has 1 aliphatic rings. The molecule has 1 amide bonds. The van der Waals surface area contributed by atoms with Gasteiger partial charge in [-0.2, -0.15) is 0 Å². The fourth-order valence-electron chi connectivity index (χ4n) is 4.43. The first-order valence-electron chi connectivity index (χ1n) is 11.1. The highest BCUT2D eigenvalue weighted by molar-refractivity contribution is 6.52. The summed E-state index contributed by atoms with van der Waals surface area (Å²) >= 11 is 0. The van der Waals surface area contributed by atoms with Gasteiger partial charge in [-0.25, -0.2) is 0 Å². The molecule has 1 atom stereocenters. The van der Waals surface area contributed by atoms with E-state index in [-0.39, 0.29) is 28.7 Å². The van der Waals surface area contributed by atoms with Gasteiger partial charge in [0.15, 0.2) is 0 Å². The minimum atomic E-state index is -0.904. The summed E-state index contributed by atoms with van der Waals surface area (Å²) < 4.78 is 5.51. The van der Waals surface area contributed by atoms with Crippen molar-refractivity contribution in [2.75, 3.05) is 12.0 Å². The molecule has 4 rings (SSSR count). The maximum Gasteiger partial charge on any atom is 0.300 e. The number of phenolic OH excluding ortho intramolecular Hbond substituents is 1. The van der Waals surface area contributed by atoms with E-state index < -0.39 is 17.7 Å². The van der Waals surface area contributed by atoms with Crippen LogP contribution in [0.1, 0.15) is 48.1 Å². The number of ketones is 1. The fourth-order valence-corrected chi connectivity index (χ4v) is 4.43. The lowest BCUT2D eigenvalue weighted by Gasteiger charge is -2.26. The number of Topliss-reactive ketones (excluding diaryl/α,β-unsaturated/α-hetero) is 1. The predicted octanol–water partition coefficient (Wildman–Crippen LogP) is 5.46. The number of amides is 1.